The number of carbonyl (C=O) groups excluding carboxylic acids is 2. The summed E-state index contributed by atoms with van der Waals surface area (Å²) in [6, 6.07) is 21.2. The number of benzene rings is 3. The van der Waals surface area contributed by atoms with Crippen LogP contribution in [0.1, 0.15) is 29.2 Å². The highest BCUT2D eigenvalue weighted by Gasteiger charge is 2.33. The topological polar surface area (TPSA) is 96.0 Å². The van der Waals surface area contributed by atoms with E-state index in [1.54, 1.807) is 31.4 Å². The number of carbonyl (C=O) groups is 2. The summed E-state index contributed by atoms with van der Waals surface area (Å²) in [5.41, 5.74) is 3.79. The van der Waals surface area contributed by atoms with Crippen LogP contribution >= 0.6 is 0 Å². The van der Waals surface area contributed by atoms with Gasteiger partial charge in [-0.25, -0.2) is 8.42 Å². The number of methoxy groups -OCH3 is 1. The van der Waals surface area contributed by atoms with Crippen molar-refractivity contribution in [2.45, 2.75) is 39.8 Å². The predicted molar refractivity (Wildman–Crippen MR) is 154 cm³/mol. The molecular weight excluding hydrogens is 514 g/mol. The molecule has 0 radical (unpaired) electrons. The monoisotopic (exact) mass is 551 g/mol. The lowest BCUT2D eigenvalue weighted by atomic mass is 10.0. The molecule has 2 amide bonds. The lowest BCUT2D eigenvalue weighted by Gasteiger charge is -2.33. The number of rotatable bonds is 12. The van der Waals surface area contributed by atoms with Gasteiger partial charge >= 0.3 is 0 Å². The number of nitrogens with one attached hydrogen (secondary N) is 1. The standard InChI is InChI=1S/C30H37N3O5S/c1-6-31-30(35)28(19-24-11-8-7-9-12-24)32(20-25-13-10-14-27(18-25)38-4)29(34)21-33(39(5,36)37)26-16-22(2)15-23(3)17-26/h7-18,28H,6,19-21H2,1-5H3,(H,31,35). The van der Waals surface area contributed by atoms with E-state index < -0.39 is 28.5 Å². The van der Waals surface area contributed by atoms with Crippen molar-refractivity contribution in [3.05, 3.63) is 95.1 Å². The molecule has 3 aromatic carbocycles. The van der Waals surface area contributed by atoms with Crippen molar-refractivity contribution >= 4 is 27.5 Å². The molecule has 0 aliphatic heterocycles. The lowest BCUT2D eigenvalue weighted by molar-refractivity contribution is -0.140. The molecule has 8 nitrogen and oxygen atoms in total. The molecule has 1 atom stereocenters. The molecule has 0 aliphatic carbocycles. The number of likely N-dealkylation sites (N-methyl/N-ethyl adjacent to an activating group) is 1. The summed E-state index contributed by atoms with van der Waals surface area (Å²) in [7, 11) is -2.26. The molecule has 3 aromatic rings. The van der Waals surface area contributed by atoms with Crippen molar-refractivity contribution in [3.8, 4) is 5.75 Å². The maximum Gasteiger partial charge on any atom is 0.244 e. The van der Waals surface area contributed by atoms with E-state index in [1.165, 1.54) is 4.90 Å². The van der Waals surface area contributed by atoms with E-state index in [-0.39, 0.29) is 18.9 Å². The molecule has 0 spiro atoms. The highest BCUT2D eigenvalue weighted by atomic mass is 32.2. The number of anilines is 1. The maximum absolute atomic E-state index is 14.1. The Morgan fingerprint density at radius 2 is 1.56 bits per heavy atom. The van der Waals surface area contributed by atoms with Crippen molar-refractivity contribution in [1.29, 1.82) is 0 Å². The quantitative estimate of drug-likeness (QED) is 0.369. The number of amides is 2. The Kier molecular flexibility index (Phi) is 10.1. The van der Waals surface area contributed by atoms with Crippen LogP contribution in [0.15, 0.2) is 72.8 Å². The first-order valence-electron chi connectivity index (χ1n) is 12.8. The Balaban J connectivity index is 2.07. The molecule has 1 N–H and O–H groups in total. The molecule has 9 heteroatoms. The molecule has 1 unspecified atom stereocenters. The van der Waals surface area contributed by atoms with Gasteiger partial charge in [-0.2, -0.15) is 0 Å². The number of hydrogen-bond donors (Lipinski definition) is 1. The van der Waals surface area contributed by atoms with Crippen LogP contribution in [-0.2, 0) is 32.6 Å². The zero-order valence-electron chi connectivity index (χ0n) is 23.2. The van der Waals surface area contributed by atoms with E-state index in [2.05, 4.69) is 5.32 Å². The fraction of sp³-hybridized carbons (Fsp3) is 0.333. The van der Waals surface area contributed by atoms with Crippen LogP contribution in [0.2, 0.25) is 0 Å². The molecule has 0 heterocycles. The summed E-state index contributed by atoms with van der Waals surface area (Å²) in [6.07, 6.45) is 1.35. The molecule has 39 heavy (non-hydrogen) atoms. The van der Waals surface area contributed by atoms with Crippen molar-refractivity contribution in [2.24, 2.45) is 0 Å². The first kappa shape index (κ1) is 29.7. The van der Waals surface area contributed by atoms with E-state index in [9.17, 15) is 18.0 Å². The third kappa shape index (κ3) is 8.32. The van der Waals surface area contributed by atoms with E-state index >= 15 is 0 Å². The Bertz CT molecular complexity index is 1370. The van der Waals surface area contributed by atoms with Crippen LogP contribution in [0.3, 0.4) is 0 Å². The summed E-state index contributed by atoms with van der Waals surface area (Å²) in [6.45, 7) is 5.60. The smallest absolute Gasteiger partial charge is 0.244 e. The normalized spacial score (nSPS) is 11.9. The van der Waals surface area contributed by atoms with Gasteiger partial charge in [0.25, 0.3) is 0 Å². The van der Waals surface area contributed by atoms with Crippen LogP contribution in [0.25, 0.3) is 0 Å². The van der Waals surface area contributed by atoms with Crippen molar-refractivity contribution in [2.75, 3.05) is 30.8 Å². The highest BCUT2D eigenvalue weighted by Crippen LogP contribution is 2.23. The van der Waals surface area contributed by atoms with Crippen LogP contribution < -0.4 is 14.4 Å². The Morgan fingerprint density at radius 1 is 0.923 bits per heavy atom. The largest absolute Gasteiger partial charge is 0.497 e. The van der Waals surface area contributed by atoms with Gasteiger partial charge in [-0.1, -0.05) is 48.5 Å². The highest BCUT2D eigenvalue weighted by molar-refractivity contribution is 7.92. The van der Waals surface area contributed by atoms with Gasteiger partial charge < -0.3 is 15.0 Å². The molecule has 208 valence electrons. The minimum Gasteiger partial charge on any atom is -0.497 e. The minimum atomic E-state index is -3.81. The number of ether oxygens (including phenoxy) is 1. The molecule has 0 fully saturated rings. The molecule has 0 saturated heterocycles. The van der Waals surface area contributed by atoms with E-state index in [4.69, 9.17) is 4.74 Å². The third-order valence-corrected chi connectivity index (χ3v) is 7.42. The lowest BCUT2D eigenvalue weighted by Crippen LogP contribution is -2.53. The van der Waals surface area contributed by atoms with Gasteiger partial charge in [-0.15, -0.1) is 0 Å². The Labute approximate surface area is 231 Å². The van der Waals surface area contributed by atoms with Gasteiger partial charge in [-0.3, -0.25) is 13.9 Å². The predicted octanol–water partition coefficient (Wildman–Crippen LogP) is 3.85. The molecule has 0 aromatic heterocycles. The van der Waals surface area contributed by atoms with Crippen LogP contribution in [0.4, 0.5) is 5.69 Å². The zero-order valence-corrected chi connectivity index (χ0v) is 24.0. The summed E-state index contributed by atoms with van der Waals surface area (Å²) in [4.78, 5) is 28.9. The zero-order chi connectivity index (χ0) is 28.6. The molecule has 0 bridgehead atoms. The second-order valence-electron chi connectivity index (χ2n) is 9.59. The number of aryl methyl sites for hydroxylation is 2. The van der Waals surface area contributed by atoms with Crippen LogP contribution in [0.5, 0.6) is 5.75 Å². The summed E-state index contributed by atoms with van der Waals surface area (Å²) in [5, 5.41) is 2.85. The van der Waals surface area contributed by atoms with Gasteiger partial charge in [-0.05, 0) is 67.3 Å². The third-order valence-electron chi connectivity index (χ3n) is 6.28. The van der Waals surface area contributed by atoms with E-state index in [0.29, 0.717) is 18.0 Å². The first-order chi connectivity index (χ1) is 18.5. The molecule has 3 rings (SSSR count). The average Bonchev–Trinajstić information content (AvgIpc) is 2.88. The minimum absolute atomic E-state index is 0.0924. The Morgan fingerprint density at radius 3 is 2.15 bits per heavy atom. The molecule has 0 saturated carbocycles. The summed E-state index contributed by atoms with van der Waals surface area (Å²) < 4.78 is 32.3. The Hall–Kier alpha value is -3.85. The number of nitrogens with zero attached hydrogens (tertiary/aromatic N) is 2. The van der Waals surface area contributed by atoms with Crippen molar-refractivity contribution in [1.82, 2.24) is 10.2 Å². The molecular formula is C30H37N3O5S. The van der Waals surface area contributed by atoms with Crippen molar-refractivity contribution < 1.29 is 22.7 Å². The second kappa shape index (κ2) is 13.3. The van der Waals surface area contributed by atoms with Gasteiger partial charge in [0, 0.05) is 19.5 Å². The summed E-state index contributed by atoms with van der Waals surface area (Å²) in [5.74, 6) is -0.185. The van der Waals surface area contributed by atoms with Gasteiger partial charge in [0.05, 0.1) is 19.1 Å². The maximum atomic E-state index is 14.1. The number of hydrogen-bond acceptors (Lipinski definition) is 5. The average molecular weight is 552 g/mol. The van der Waals surface area contributed by atoms with Gasteiger partial charge in [0.1, 0.15) is 18.3 Å². The number of sulfonamides is 1. The second-order valence-corrected chi connectivity index (χ2v) is 11.5. The fourth-order valence-corrected chi connectivity index (χ4v) is 5.36. The van der Waals surface area contributed by atoms with Gasteiger partial charge in [0.15, 0.2) is 0 Å². The fourth-order valence-electron chi connectivity index (χ4n) is 4.52. The molecule has 0 aliphatic rings. The van der Waals surface area contributed by atoms with Crippen LogP contribution in [0, 0.1) is 13.8 Å². The first-order valence-corrected chi connectivity index (χ1v) is 14.7. The van der Waals surface area contributed by atoms with Gasteiger partial charge in [0.2, 0.25) is 21.8 Å². The SMILES string of the molecule is CCNC(=O)C(Cc1ccccc1)N(Cc1cccc(OC)c1)C(=O)CN(c1cc(C)cc(C)c1)S(C)(=O)=O. The van der Waals surface area contributed by atoms with Crippen LogP contribution in [-0.4, -0.2) is 57.6 Å². The van der Waals surface area contributed by atoms with Crippen molar-refractivity contribution in [3.63, 3.8) is 0 Å². The summed E-state index contributed by atoms with van der Waals surface area (Å²) >= 11 is 0. The van der Waals surface area contributed by atoms with E-state index in [0.717, 1.165) is 32.8 Å². The van der Waals surface area contributed by atoms with E-state index in [1.807, 2.05) is 69.3 Å².